The van der Waals surface area contributed by atoms with E-state index in [0.29, 0.717) is 29.3 Å². The Hall–Kier alpha value is -3.69. The first-order valence-electron chi connectivity index (χ1n) is 11.5. The molecule has 180 valence electrons. The lowest BCUT2D eigenvalue weighted by Gasteiger charge is -2.29. The molecule has 5 rings (SSSR count). The van der Waals surface area contributed by atoms with Crippen LogP contribution < -0.4 is 20.3 Å². The molecule has 0 spiro atoms. The summed E-state index contributed by atoms with van der Waals surface area (Å²) in [6, 6.07) is 14.4. The molecule has 2 aliphatic heterocycles. The molecule has 1 aromatic heterocycles. The van der Waals surface area contributed by atoms with Gasteiger partial charge in [-0.25, -0.2) is 0 Å². The lowest BCUT2D eigenvalue weighted by Crippen LogP contribution is -2.38. The number of hydrogen-bond acceptors (Lipinski definition) is 6. The summed E-state index contributed by atoms with van der Waals surface area (Å²) in [7, 11) is 0. The van der Waals surface area contributed by atoms with Crippen molar-refractivity contribution in [3.05, 3.63) is 75.5 Å². The fourth-order valence-corrected chi connectivity index (χ4v) is 5.08. The maximum Gasteiger partial charge on any atom is 0.313 e. The van der Waals surface area contributed by atoms with Crippen LogP contribution in [0.3, 0.4) is 0 Å². The van der Waals surface area contributed by atoms with Crippen LogP contribution in [0.2, 0.25) is 0 Å². The molecule has 2 aromatic carbocycles. The second-order valence-corrected chi connectivity index (χ2v) is 9.47. The van der Waals surface area contributed by atoms with E-state index in [9.17, 15) is 19.5 Å². The maximum atomic E-state index is 12.8. The number of rotatable bonds is 5. The number of fused-ring (bicyclic) bond motifs is 2. The Balaban J connectivity index is 1.19. The topological polar surface area (TPSA) is 108 Å². The van der Waals surface area contributed by atoms with E-state index < -0.39 is 17.9 Å². The Labute approximate surface area is 206 Å². The van der Waals surface area contributed by atoms with Gasteiger partial charge < -0.3 is 25.4 Å². The zero-order valence-corrected chi connectivity index (χ0v) is 19.8. The van der Waals surface area contributed by atoms with Crippen molar-refractivity contribution in [1.29, 1.82) is 0 Å². The van der Waals surface area contributed by atoms with Crippen molar-refractivity contribution >= 4 is 40.4 Å². The number of nitrogens with one attached hydrogen (secondary N) is 2. The van der Waals surface area contributed by atoms with E-state index in [1.807, 2.05) is 23.6 Å². The molecular weight excluding hydrogens is 466 g/mol. The van der Waals surface area contributed by atoms with Gasteiger partial charge in [-0.2, -0.15) is 0 Å². The number of aliphatic hydroxyl groups is 1. The largest absolute Gasteiger partial charge is 0.493 e. The average molecular weight is 492 g/mol. The quantitative estimate of drug-likeness (QED) is 0.476. The molecule has 1 atom stereocenters. The maximum absolute atomic E-state index is 12.8. The molecule has 35 heavy (non-hydrogen) atoms. The van der Waals surface area contributed by atoms with E-state index in [1.54, 1.807) is 35.2 Å². The molecule has 0 saturated carbocycles. The minimum absolute atomic E-state index is 0.0356. The fourth-order valence-electron chi connectivity index (χ4n) is 4.41. The van der Waals surface area contributed by atoms with Crippen molar-refractivity contribution in [3.63, 3.8) is 0 Å². The normalized spacial score (nSPS) is 14.9. The molecule has 0 fully saturated rings. The van der Waals surface area contributed by atoms with Crippen LogP contribution in [0.4, 0.5) is 11.4 Å². The first-order chi connectivity index (χ1) is 17.0. The molecule has 2 aliphatic rings. The highest BCUT2D eigenvalue weighted by Crippen LogP contribution is 2.32. The van der Waals surface area contributed by atoms with Gasteiger partial charge in [0, 0.05) is 30.9 Å². The number of carbonyl (C=O) groups is 3. The SMILES string of the molecule is O=C(NCC(O)c1ccc2c(c1)CCO2)C(=O)Nc1ccc2c(c1)CCCN2C(=O)c1cccs1. The monoisotopic (exact) mass is 491 g/mol. The highest BCUT2D eigenvalue weighted by atomic mass is 32.1. The molecule has 3 heterocycles. The highest BCUT2D eigenvalue weighted by molar-refractivity contribution is 7.12. The number of aryl methyl sites for hydroxylation is 1. The van der Waals surface area contributed by atoms with Crippen molar-refractivity contribution in [1.82, 2.24) is 5.32 Å². The number of amides is 3. The number of nitrogens with zero attached hydrogens (tertiary/aromatic N) is 1. The van der Waals surface area contributed by atoms with Gasteiger partial charge in [0.25, 0.3) is 5.91 Å². The van der Waals surface area contributed by atoms with E-state index in [2.05, 4.69) is 10.6 Å². The molecule has 8 nitrogen and oxygen atoms in total. The van der Waals surface area contributed by atoms with Crippen molar-refractivity contribution in [3.8, 4) is 5.75 Å². The summed E-state index contributed by atoms with van der Waals surface area (Å²) in [5.74, 6) is -0.873. The molecule has 0 saturated heterocycles. The van der Waals surface area contributed by atoms with Gasteiger partial charge in [-0.3, -0.25) is 14.4 Å². The Morgan fingerprint density at radius 3 is 2.77 bits per heavy atom. The van der Waals surface area contributed by atoms with Crippen molar-refractivity contribution < 1.29 is 24.2 Å². The van der Waals surface area contributed by atoms with Crippen LogP contribution in [0.25, 0.3) is 0 Å². The molecular formula is C26H25N3O5S. The number of aliphatic hydroxyl groups excluding tert-OH is 1. The molecule has 3 aromatic rings. The van der Waals surface area contributed by atoms with Gasteiger partial charge in [0.05, 0.1) is 17.6 Å². The number of benzene rings is 2. The summed E-state index contributed by atoms with van der Waals surface area (Å²) in [6.45, 7) is 1.17. The Kier molecular flexibility index (Phi) is 6.52. The second kappa shape index (κ2) is 9.89. The van der Waals surface area contributed by atoms with E-state index in [-0.39, 0.29) is 12.5 Å². The smallest absolute Gasteiger partial charge is 0.313 e. The van der Waals surface area contributed by atoms with Gasteiger partial charge in [-0.05, 0) is 71.3 Å². The summed E-state index contributed by atoms with van der Waals surface area (Å²) in [4.78, 5) is 40.0. The van der Waals surface area contributed by atoms with Gasteiger partial charge in [0.2, 0.25) is 0 Å². The van der Waals surface area contributed by atoms with Crippen molar-refractivity contribution in [2.45, 2.75) is 25.4 Å². The Morgan fingerprint density at radius 2 is 1.94 bits per heavy atom. The predicted molar refractivity (Wildman–Crippen MR) is 133 cm³/mol. The molecule has 9 heteroatoms. The van der Waals surface area contributed by atoms with Gasteiger partial charge in [-0.1, -0.05) is 12.1 Å². The third-order valence-electron chi connectivity index (χ3n) is 6.19. The number of carbonyl (C=O) groups excluding carboxylic acids is 3. The summed E-state index contributed by atoms with van der Waals surface area (Å²) >= 11 is 1.41. The average Bonchev–Trinajstić information content (AvgIpc) is 3.58. The third-order valence-corrected chi connectivity index (χ3v) is 7.05. The van der Waals surface area contributed by atoms with E-state index in [4.69, 9.17) is 4.74 Å². The van der Waals surface area contributed by atoms with E-state index >= 15 is 0 Å². The first-order valence-corrected chi connectivity index (χ1v) is 12.4. The van der Waals surface area contributed by atoms with Gasteiger partial charge in [0.1, 0.15) is 5.75 Å². The van der Waals surface area contributed by atoms with Crippen LogP contribution in [0.15, 0.2) is 53.9 Å². The predicted octanol–water partition coefficient (Wildman–Crippen LogP) is 3.06. The standard InChI is InChI=1S/C26H25N3O5S/c30-21(17-5-8-22-18(13-17)9-11-34-22)15-27-24(31)25(32)28-19-6-7-20-16(14-19)3-1-10-29(20)26(33)23-4-2-12-35-23/h2,4-8,12-14,21,30H,1,3,9-11,15H2,(H,27,31)(H,28,32). The number of anilines is 2. The molecule has 1 unspecified atom stereocenters. The van der Waals surface area contributed by atoms with E-state index in [1.165, 1.54) is 11.3 Å². The molecule has 3 N–H and O–H groups in total. The fraction of sp³-hybridized carbons (Fsp3) is 0.269. The molecule has 0 aliphatic carbocycles. The summed E-state index contributed by atoms with van der Waals surface area (Å²) in [5, 5.41) is 17.4. The van der Waals surface area contributed by atoms with Crippen LogP contribution >= 0.6 is 11.3 Å². The van der Waals surface area contributed by atoms with Crippen LogP contribution in [0.1, 0.15) is 38.9 Å². The summed E-state index contributed by atoms with van der Waals surface area (Å²) in [6.07, 6.45) is 1.44. The van der Waals surface area contributed by atoms with Crippen LogP contribution in [-0.4, -0.2) is 42.5 Å². The van der Waals surface area contributed by atoms with Crippen LogP contribution in [0, 0.1) is 0 Å². The Morgan fingerprint density at radius 1 is 1.06 bits per heavy atom. The molecule has 0 bridgehead atoms. The zero-order valence-electron chi connectivity index (χ0n) is 19.0. The lowest BCUT2D eigenvalue weighted by molar-refractivity contribution is -0.136. The number of hydrogen-bond donors (Lipinski definition) is 3. The van der Waals surface area contributed by atoms with Gasteiger partial charge >= 0.3 is 11.8 Å². The lowest BCUT2D eigenvalue weighted by atomic mass is 10.0. The Bertz CT molecular complexity index is 1270. The van der Waals surface area contributed by atoms with Crippen LogP contribution in [0.5, 0.6) is 5.75 Å². The summed E-state index contributed by atoms with van der Waals surface area (Å²) in [5.41, 5.74) is 3.92. The minimum atomic E-state index is -0.937. The number of thiophene rings is 1. The van der Waals surface area contributed by atoms with Crippen LogP contribution in [-0.2, 0) is 22.4 Å². The number of ether oxygens (including phenoxy) is 1. The van der Waals surface area contributed by atoms with Gasteiger partial charge in [0.15, 0.2) is 0 Å². The zero-order chi connectivity index (χ0) is 24.4. The second-order valence-electron chi connectivity index (χ2n) is 8.53. The van der Waals surface area contributed by atoms with Crippen molar-refractivity contribution in [2.24, 2.45) is 0 Å². The highest BCUT2D eigenvalue weighted by Gasteiger charge is 2.25. The third kappa shape index (κ3) is 4.91. The van der Waals surface area contributed by atoms with E-state index in [0.717, 1.165) is 41.8 Å². The molecule has 0 radical (unpaired) electrons. The first kappa shape index (κ1) is 23.1. The van der Waals surface area contributed by atoms with Gasteiger partial charge in [-0.15, -0.1) is 11.3 Å². The molecule has 3 amide bonds. The summed E-state index contributed by atoms with van der Waals surface area (Å²) < 4.78 is 5.47. The van der Waals surface area contributed by atoms with Crippen molar-refractivity contribution in [2.75, 3.05) is 29.9 Å². The minimum Gasteiger partial charge on any atom is -0.493 e.